The van der Waals surface area contributed by atoms with Gasteiger partial charge in [0.05, 0.1) is 38.2 Å². The molecule has 4 amide bonds. The van der Waals surface area contributed by atoms with Gasteiger partial charge in [0.25, 0.3) is 0 Å². The van der Waals surface area contributed by atoms with E-state index in [1.54, 1.807) is 0 Å². The van der Waals surface area contributed by atoms with Crippen LogP contribution in [0.2, 0.25) is 0 Å². The molecule has 2 saturated heterocycles. The van der Waals surface area contributed by atoms with Crippen molar-refractivity contribution in [2.75, 3.05) is 20.8 Å². The summed E-state index contributed by atoms with van der Waals surface area (Å²) in [4.78, 5) is 68.5. The number of fused-ring (bicyclic) bond motifs is 2. The number of nitrogens with one attached hydrogen (secondary N) is 3. The van der Waals surface area contributed by atoms with Crippen molar-refractivity contribution in [3.05, 3.63) is 72.3 Å². The van der Waals surface area contributed by atoms with E-state index in [-0.39, 0.29) is 41.8 Å². The molecule has 0 radical (unpaired) electrons. The van der Waals surface area contributed by atoms with Gasteiger partial charge < -0.3 is 34.9 Å². The molecule has 2 aromatic carbocycles. The number of aromatic nitrogens is 2. The zero-order chi connectivity index (χ0) is 39.7. The molecule has 6 atom stereocenters. The summed E-state index contributed by atoms with van der Waals surface area (Å²) in [6, 6.07) is 15.4. The van der Waals surface area contributed by atoms with E-state index in [1.807, 2.05) is 49.9 Å². The summed E-state index contributed by atoms with van der Waals surface area (Å²) in [7, 11) is 2.61. The number of allylic oxidation sites excluding steroid dienone is 1. The van der Waals surface area contributed by atoms with Gasteiger partial charge in [-0.3, -0.25) is 14.6 Å². The molecule has 3 aromatic rings. The number of hydrogen-bond acceptors (Lipinski definition) is 8. The maximum atomic E-state index is 13.9. The van der Waals surface area contributed by atoms with Crippen molar-refractivity contribution in [2.45, 2.75) is 96.4 Å². The standard InChI is InChI=1S/C43H53N7O6/c1-24(2)36(47-42(53)55-5)40(51)49-19-7-8-35(49)33-21-31(22-44-33)28-11-9-26(10-12-28)27-13-15-29(16-14-27)34-23-45-39(46-34)38-30-17-18-32(20-30)50(38)41(52)37(25(3)4)48-43(54)56-6/h9-16,22-25,30,32,35-38H,7-8,17-21H2,1-6H3,(H,45,46)(H,47,53)(H,48,54)/t30?,32?,35-,36-,37-,38?/m0/s1. The molecular formula is C43H53N7O6. The Kier molecular flexibility index (Phi) is 11.3. The maximum Gasteiger partial charge on any atom is 0.407 e. The van der Waals surface area contributed by atoms with Crippen molar-refractivity contribution in [3.63, 3.8) is 0 Å². The average Bonchev–Trinajstić information content (AvgIpc) is 4.06. The molecule has 4 heterocycles. The number of alkyl carbamates (subject to hydrolysis) is 2. The summed E-state index contributed by atoms with van der Waals surface area (Å²) in [5, 5.41) is 5.47. The molecule has 0 spiro atoms. The minimum Gasteiger partial charge on any atom is -0.453 e. The number of benzene rings is 2. The number of amides is 4. The quantitative estimate of drug-likeness (QED) is 0.195. The summed E-state index contributed by atoms with van der Waals surface area (Å²) in [5.41, 5.74) is 7.23. The zero-order valence-corrected chi connectivity index (χ0v) is 33.1. The molecule has 1 saturated carbocycles. The smallest absolute Gasteiger partial charge is 0.407 e. The van der Waals surface area contributed by atoms with Crippen molar-refractivity contribution in [2.24, 2.45) is 22.7 Å². The lowest BCUT2D eigenvalue weighted by atomic mass is 9.95. The number of carbonyl (C=O) groups is 4. The van der Waals surface area contributed by atoms with Crippen LogP contribution in [0, 0.1) is 17.8 Å². The van der Waals surface area contributed by atoms with Gasteiger partial charge in [-0.2, -0.15) is 0 Å². The lowest BCUT2D eigenvalue weighted by molar-refractivity contribution is -0.139. The number of imidazole rings is 1. The second-order valence-corrected chi connectivity index (χ2v) is 16.1. The van der Waals surface area contributed by atoms with Gasteiger partial charge in [0.1, 0.15) is 17.9 Å². The fourth-order valence-corrected chi connectivity index (χ4v) is 8.95. The van der Waals surface area contributed by atoms with Crippen molar-refractivity contribution in [1.82, 2.24) is 30.4 Å². The Balaban J connectivity index is 0.990. The number of carbonyl (C=O) groups excluding carboxylic acids is 4. The molecule has 7 rings (SSSR count). The van der Waals surface area contributed by atoms with E-state index in [1.165, 1.54) is 14.2 Å². The van der Waals surface area contributed by atoms with Gasteiger partial charge >= 0.3 is 12.2 Å². The van der Waals surface area contributed by atoms with Crippen LogP contribution in [-0.2, 0) is 19.1 Å². The maximum absolute atomic E-state index is 13.9. The molecular weight excluding hydrogens is 711 g/mol. The highest BCUT2D eigenvalue weighted by Gasteiger charge is 2.51. The second-order valence-electron chi connectivity index (χ2n) is 16.1. The Labute approximate surface area is 328 Å². The predicted octanol–water partition coefficient (Wildman–Crippen LogP) is 6.73. The van der Waals surface area contributed by atoms with Gasteiger partial charge in [-0.25, -0.2) is 14.6 Å². The van der Waals surface area contributed by atoms with Crippen molar-refractivity contribution >= 4 is 35.3 Å². The lowest BCUT2D eigenvalue weighted by Crippen LogP contribution is -2.54. The SMILES string of the molecule is COC(=O)N[C@H](C(=O)N1C2CCC(C2)C1c1ncc(-c2ccc(-c3ccc(C4=CN=C([C@@H]5CCCN5C(=O)[C@@H](NC(=O)OC)C(C)C)C4)cc3)cc2)[nH]1)C(C)C. The van der Waals surface area contributed by atoms with E-state index >= 15 is 0 Å². The number of aliphatic imine (C=N–C) groups is 1. The number of rotatable bonds is 11. The minimum atomic E-state index is -0.678. The Morgan fingerprint density at radius 1 is 0.786 bits per heavy atom. The van der Waals surface area contributed by atoms with Crippen LogP contribution in [0.3, 0.4) is 0 Å². The van der Waals surface area contributed by atoms with Gasteiger partial charge in [0.2, 0.25) is 11.8 Å². The van der Waals surface area contributed by atoms with Crippen LogP contribution in [0.15, 0.2) is 65.9 Å². The van der Waals surface area contributed by atoms with Gasteiger partial charge in [-0.15, -0.1) is 0 Å². The number of piperidine rings is 1. The molecule has 4 aliphatic rings. The second kappa shape index (κ2) is 16.3. The summed E-state index contributed by atoms with van der Waals surface area (Å²) < 4.78 is 9.58. The molecule has 3 unspecified atom stereocenters. The molecule has 3 aliphatic heterocycles. The Bertz CT molecular complexity index is 2000. The van der Waals surface area contributed by atoms with Gasteiger partial charge in [0, 0.05) is 30.9 Å². The van der Waals surface area contributed by atoms with Crippen LogP contribution < -0.4 is 10.6 Å². The summed E-state index contributed by atoms with van der Waals surface area (Å²) in [5.74, 6) is 0.721. The lowest BCUT2D eigenvalue weighted by Gasteiger charge is -2.37. The Hall–Kier alpha value is -5.46. The van der Waals surface area contributed by atoms with Crippen molar-refractivity contribution in [3.8, 4) is 22.4 Å². The average molecular weight is 764 g/mol. The van der Waals surface area contributed by atoms with Crippen LogP contribution in [0.5, 0.6) is 0 Å². The number of ether oxygens (including phenoxy) is 2. The van der Waals surface area contributed by atoms with Crippen LogP contribution >= 0.6 is 0 Å². The van der Waals surface area contributed by atoms with Crippen molar-refractivity contribution in [1.29, 1.82) is 0 Å². The number of aromatic amines is 1. The molecule has 13 nitrogen and oxygen atoms in total. The number of likely N-dealkylation sites (tertiary alicyclic amines) is 2. The highest BCUT2D eigenvalue weighted by atomic mass is 16.5. The Morgan fingerprint density at radius 2 is 1.38 bits per heavy atom. The zero-order valence-electron chi connectivity index (χ0n) is 33.1. The van der Waals surface area contributed by atoms with Gasteiger partial charge in [-0.1, -0.05) is 76.2 Å². The van der Waals surface area contributed by atoms with E-state index in [0.29, 0.717) is 18.9 Å². The first-order valence-corrected chi connectivity index (χ1v) is 19.8. The fraction of sp³-hybridized carbons (Fsp3) is 0.488. The van der Waals surface area contributed by atoms with Crippen LogP contribution in [-0.4, -0.2) is 94.4 Å². The van der Waals surface area contributed by atoms with Gasteiger partial charge in [-0.05, 0) is 77.7 Å². The highest BCUT2D eigenvalue weighted by Crippen LogP contribution is 2.50. The number of nitrogens with zero attached hydrogens (tertiary/aromatic N) is 4. The molecule has 1 aliphatic carbocycles. The topological polar surface area (TPSA) is 158 Å². The van der Waals surface area contributed by atoms with E-state index in [4.69, 9.17) is 19.5 Å². The third-order valence-electron chi connectivity index (χ3n) is 12.0. The number of H-pyrrole nitrogens is 1. The van der Waals surface area contributed by atoms with Crippen LogP contribution in [0.1, 0.15) is 83.6 Å². The molecule has 13 heteroatoms. The van der Waals surface area contributed by atoms with E-state index in [0.717, 1.165) is 77.2 Å². The number of hydrogen-bond donors (Lipinski definition) is 3. The third kappa shape index (κ3) is 7.68. The summed E-state index contributed by atoms with van der Waals surface area (Å²) in [6.07, 6.45) is 7.88. The molecule has 3 fully saturated rings. The fourth-order valence-electron chi connectivity index (χ4n) is 8.95. The van der Waals surface area contributed by atoms with Crippen molar-refractivity contribution < 1.29 is 28.7 Å². The Morgan fingerprint density at radius 3 is 1.98 bits per heavy atom. The molecule has 1 aromatic heterocycles. The minimum absolute atomic E-state index is 0.0837. The molecule has 56 heavy (non-hydrogen) atoms. The van der Waals surface area contributed by atoms with E-state index in [9.17, 15) is 19.2 Å². The van der Waals surface area contributed by atoms with E-state index < -0.39 is 24.3 Å². The largest absolute Gasteiger partial charge is 0.453 e. The van der Waals surface area contributed by atoms with E-state index in [2.05, 4.69) is 64.1 Å². The first-order chi connectivity index (χ1) is 27.0. The predicted molar refractivity (Wildman–Crippen MR) is 213 cm³/mol. The number of methoxy groups -OCH3 is 2. The first kappa shape index (κ1) is 38.8. The first-order valence-electron chi connectivity index (χ1n) is 19.8. The molecule has 2 bridgehead atoms. The molecule has 296 valence electrons. The van der Waals surface area contributed by atoms with Gasteiger partial charge in [0.15, 0.2) is 0 Å². The highest BCUT2D eigenvalue weighted by molar-refractivity contribution is 6.04. The monoisotopic (exact) mass is 763 g/mol. The summed E-state index contributed by atoms with van der Waals surface area (Å²) >= 11 is 0. The van der Waals surface area contributed by atoms with Crippen LogP contribution in [0.25, 0.3) is 28.0 Å². The van der Waals surface area contributed by atoms with Crippen LogP contribution in [0.4, 0.5) is 9.59 Å². The third-order valence-corrected chi connectivity index (χ3v) is 12.0. The summed E-state index contributed by atoms with van der Waals surface area (Å²) in [6.45, 7) is 8.32. The normalized spacial score (nSPS) is 22.6. The molecule has 3 N–H and O–H groups in total.